The van der Waals surface area contributed by atoms with Crippen molar-refractivity contribution in [3.63, 3.8) is 0 Å². The van der Waals surface area contributed by atoms with E-state index in [1.165, 1.54) is 0 Å². The fourth-order valence-electron chi connectivity index (χ4n) is 0.725. The normalized spacial score (nSPS) is 12.7. The molecule has 2 nitrogen and oxygen atoms in total. The van der Waals surface area contributed by atoms with Crippen molar-refractivity contribution in [2.75, 3.05) is 6.61 Å². The lowest BCUT2D eigenvalue weighted by atomic mass is 9.92. The summed E-state index contributed by atoms with van der Waals surface area (Å²) in [5.74, 6) is 1.04. The minimum Gasteiger partial charge on any atom is -0.396 e. The molecule has 0 heterocycles. The van der Waals surface area contributed by atoms with Gasteiger partial charge in [-0.2, -0.15) is 0 Å². The minimum atomic E-state index is 0.501. The zero-order valence-electron chi connectivity index (χ0n) is 8.50. The molecule has 0 saturated carbocycles. The lowest BCUT2D eigenvalue weighted by Crippen LogP contribution is -2.05. The Morgan fingerprint density at radius 3 is 2.25 bits per heavy atom. The molecule has 2 radical (unpaired) electrons. The highest BCUT2D eigenvalue weighted by Crippen LogP contribution is 2.00. The first-order valence-corrected chi connectivity index (χ1v) is 4.46. The average molecular weight is 167 g/mol. The van der Waals surface area contributed by atoms with Crippen LogP contribution in [-0.2, 0) is 4.84 Å². The van der Waals surface area contributed by atoms with Crippen LogP contribution in [0.15, 0.2) is 5.16 Å². The summed E-state index contributed by atoms with van der Waals surface area (Å²) in [7, 11) is 5.59. The van der Waals surface area contributed by atoms with Crippen LogP contribution in [0.4, 0.5) is 0 Å². The fraction of sp³-hybridized carbons (Fsp3) is 0.889. The highest BCUT2D eigenvalue weighted by Gasteiger charge is 1.97. The largest absolute Gasteiger partial charge is 0.396 e. The Balaban J connectivity index is 3.55. The van der Waals surface area contributed by atoms with Gasteiger partial charge in [0.2, 0.25) is 0 Å². The molecule has 0 aliphatic rings. The maximum absolute atomic E-state index is 5.59. The molecule has 0 bridgehead atoms. The third-order valence-corrected chi connectivity index (χ3v) is 1.21. The predicted octanol–water partition coefficient (Wildman–Crippen LogP) is 2.19. The van der Waals surface area contributed by atoms with E-state index in [2.05, 4.69) is 32.9 Å². The van der Waals surface area contributed by atoms with Gasteiger partial charge in [-0.25, -0.2) is 0 Å². The standard InChI is InChI=1S/C9H18BNO/c1-7(2)5-9(10)11-12-6-8(3)4/h7-8H,5-6H2,1-4H3/b11-9-. The summed E-state index contributed by atoms with van der Waals surface area (Å²) < 4.78 is 0. The SMILES string of the molecule is [B]/C(CC(C)C)=N\OCC(C)C. The van der Waals surface area contributed by atoms with Crippen molar-refractivity contribution in [3.05, 3.63) is 0 Å². The molecule has 68 valence electrons. The Labute approximate surface area is 76.8 Å². The molecule has 0 saturated heterocycles. The van der Waals surface area contributed by atoms with Crippen LogP contribution in [0.5, 0.6) is 0 Å². The van der Waals surface area contributed by atoms with Crippen LogP contribution < -0.4 is 0 Å². The van der Waals surface area contributed by atoms with Gasteiger partial charge in [-0.15, -0.1) is 5.16 Å². The van der Waals surface area contributed by atoms with Gasteiger partial charge in [0.25, 0.3) is 0 Å². The van der Waals surface area contributed by atoms with Gasteiger partial charge < -0.3 is 4.84 Å². The van der Waals surface area contributed by atoms with Crippen molar-refractivity contribution >= 4 is 13.5 Å². The third-order valence-electron chi connectivity index (χ3n) is 1.21. The maximum atomic E-state index is 5.59. The molecule has 0 unspecified atom stereocenters. The number of rotatable bonds is 5. The minimum absolute atomic E-state index is 0.501. The van der Waals surface area contributed by atoms with Crippen molar-refractivity contribution in [2.45, 2.75) is 34.1 Å². The summed E-state index contributed by atoms with van der Waals surface area (Å²) in [5, 5.41) is 3.80. The van der Waals surface area contributed by atoms with Crippen LogP contribution in [0, 0.1) is 11.8 Å². The molecule has 0 spiro atoms. The molecule has 0 fully saturated rings. The van der Waals surface area contributed by atoms with E-state index >= 15 is 0 Å². The quantitative estimate of drug-likeness (QED) is 0.349. The van der Waals surface area contributed by atoms with Crippen LogP contribution in [0.1, 0.15) is 34.1 Å². The highest BCUT2D eigenvalue weighted by molar-refractivity contribution is 6.59. The van der Waals surface area contributed by atoms with Crippen LogP contribution in [0.25, 0.3) is 0 Å². The van der Waals surface area contributed by atoms with E-state index in [1.54, 1.807) is 0 Å². The molecule has 3 heteroatoms. The predicted molar refractivity (Wildman–Crippen MR) is 53.4 cm³/mol. The Bertz CT molecular complexity index is 143. The molecule has 0 aliphatic heterocycles. The lowest BCUT2D eigenvalue weighted by molar-refractivity contribution is 0.118. The molecule has 0 aromatic heterocycles. The van der Waals surface area contributed by atoms with E-state index in [1.807, 2.05) is 0 Å². The van der Waals surface area contributed by atoms with Crippen molar-refractivity contribution in [3.8, 4) is 0 Å². The van der Waals surface area contributed by atoms with Gasteiger partial charge in [-0.05, 0) is 18.3 Å². The van der Waals surface area contributed by atoms with Crippen LogP contribution in [-0.4, -0.2) is 20.1 Å². The monoisotopic (exact) mass is 167 g/mol. The molecular weight excluding hydrogens is 149 g/mol. The van der Waals surface area contributed by atoms with Gasteiger partial charge in [-0.1, -0.05) is 27.7 Å². The molecule has 0 N–H and O–H groups in total. The van der Waals surface area contributed by atoms with Crippen LogP contribution in [0.3, 0.4) is 0 Å². The number of hydrogen-bond acceptors (Lipinski definition) is 2. The van der Waals surface area contributed by atoms with Crippen molar-refractivity contribution < 1.29 is 4.84 Å². The maximum Gasteiger partial charge on any atom is 0.140 e. The molecule has 0 atom stereocenters. The van der Waals surface area contributed by atoms with Gasteiger partial charge in [0.05, 0.1) is 0 Å². The summed E-state index contributed by atoms with van der Waals surface area (Å²) in [6.45, 7) is 9.00. The Hall–Kier alpha value is -0.465. The molecule has 12 heavy (non-hydrogen) atoms. The van der Waals surface area contributed by atoms with E-state index in [0.717, 1.165) is 6.42 Å². The number of hydrogen-bond donors (Lipinski definition) is 0. The average Bonchev–Trinajstić information content (AvgIpc) is 1.84. The van der Waals surface area contributed by atoms with Crippen LogP contribution >= 0.6 is 0 Å². The van der Waals surface area contributed by atoms with E-state index in [9.17, 15) is 0 Å². The topological polar surface area (TPSA) is 21.6 Å². The Kier molecular flexibility index (Phi) is 5.86. The molecule has 0 aliphatic carbocycles. The lowest BCUT2D eigenvalue weighted by Gasteiger charge is -2.06. The summed E-state index contributed by atoms with van der Waals surface area (Å²) in [5.41, 5.74) is 0.589. The first-order valence-electron chi connectivity index (χ1n) is 4.46. The zero-order valence-corrected chi connectivity index (χ0v) is 8.50. The Morgan fingerprint density at radius 1 is 1.25 bits per heavy atom. The second kappa shape index (κ2) is 6.10. The number of oxime groups is 1. The zero-order chi connectivity index (χ0) is 9.56. The highest BCUT2D eigenvalue weighted by atomic mass is 16.6. The Morgan fingerprint density at radius 2 is 1.83 bits per heavy atom. The molecule has 0 amide bonds. The van der Waals surface area contributed by atoms with Gasteiger partial charge in [-0.3, -0.25) is 0 Å². The second-order valence-corrected chi connectivity index (χ2v) is 3.87. The second-order valence-electron chi connectivity index (χ2n) is 3.87. The summed E-state index contributed by atoms with van der Waals surface area (Å²) in [4.78, 5) is 5.02. The summed E-state index contributed by atoms with van der Waals surface area (Å²) in [6.07, 6.45) is 0.804. The molecular formula is C9H18BNO. The van der Waals surface area contributed by atoms with Gasteiger partial charge in [0, 0.05) is 5.61 Å². The van der Waals surface area contributed by atoms with E-state index < -0.39 is 0 Å². The smallest absolute Gasteiger partial charge is 0.140 e. The van der Waals surface area contributed by atoms with Crippen LogP contribution in [0.2, 0.25) is 0 Å². The molecule has 0 rings (SSSR count). The van der Waals surface area contributed by atoms with E-state index in [-0.39, 0.29) is 0 Å². The van der Waals surface area contributed by atoms with E-state index in [0.29, 0.717) is 24.1 Å². The molecule has 0 aromatic carbocycles. The summed E-state index contributed by atoms with van der Waals surface area (Å²) >= 11 is 0. The fourth-order valence-corrected chi connectivity index (χ4v) is 0.725. The van der Waals surface area contributed by atoms with Crippen molar-refractivity contribution in [2.24, 2.45) is 17.0 Å². The van der Waals surface area contributed by atoms with Crippen molar-refractivity contribution in [1.29, 1.82) is 0 Å². The van der Waals surface area contributed by atoms with Gasteiger partial charge in [0.1, 0.15) is 14.5 Å². The number of nitrogens with zero attached hydrogens (tertiary/aromatic N) is 1. The van der Waals surface area contributed by atoms with Gasteiger partial charge >= 0.3 is 0 Å². The summed E-state index contributed by atoms with van der Waals surface area (Å²) in [6, 6.07) is 0. The molecule has 0 aromatic rings. The third kappa shape index (κ3) is 7.64. The van der Waals surface area contributed by atoms with Crippen molar-refractivity contribution in [1.82, 2.24) is 0 Å². The van der Waals surface area contributed by atoms with E-state index in [4.69, 9.17) is 12.7 Å². The first-order chi connectivity index (χ1) is 5.52. The van der Waals surface area contributed by atoms with Gasteiger partial charge in [0.15, 0.2) is 0 Å². The first kappa shape index (κ1) is 11.5.